The molecule has 4 aromatic rings. The van der Waals surface area contributed by atoms with Crippen molar-refractivity contribution in [1.29, 1.82) is 0 Å². The molecule has 3 heterocycles. The van der Waals surface area contributed by atoms with Gasteiger partial charge in [-0.1, -0.05) is 0 Å². The Morgan fingerprint density at radius 2 is 1.93 bits per heavy atom. The van der Waals surface area contributed by atoms with Gasteiger partial charge in [0.25, 0.3) is 11.8 Å². The molecular formula is C20H17N5O3S. The van der Waals surface area contributed by atoms with E-state index in [1.54, 1.807) is 59.6 Å². The van der Waals surface area contributed by atoms with Crippen LogP contribution in [0.4, 0.5) is 5.69 Å². The number of amides is 2. The summed E-state index contributed by atoms with van der Waals surface area (Å²) in [4.78, 5) is 31.5. The molecule has 8 nitrogen and oxygen atoms in total. The van der Waals surface area contributed by atoms with E-state index in [1.165, 1.54) is 6.33 Å². The van der Waals surface area contributed by atoms with E-state index in [9.17, 15) is 9.59 Å². The Morgan fingerprint density at radius 3 is 2.62 bits per heavy atom. The minimum Gasteiger partial charge on any atom is -0.467 e. The Balaban J connectivity index is 1.39. The zero-order valence-electron chi connectivity index (χ0n) is 15.5. The number of carbonyl (C=O) groups excluding carboxylic acids is 2. The third kappa shape index (κ3) is 4.25. The highest BCUT2D eigenvalue weighted by Gasteiger charge is 2.18. The van der Waals surface area contributed by atoms with Gasteiger partial charge in [0.2, 0.25) is 0 Å². The summed E-state index contributed by atoms with van der Waals surface area (Å²) in [7, 11) is 1.70. The molecule has 1 N–H and O–H groups in total. The van der Waals surface area contributed by atoms with E-state index in [0.717, 1.165) is 17.0 Å². The molecule has 146 valence electrons. The Morgan fingerprint density at radius 1 is 1.14 bits per heavy atom. The molecule has 0 saturated carbocycles. The number of hydrogen-bond donors (Lipinski definition) is 1. The minimum absolute atomic E-state index is 0.164. The monoisotopic (exact) mass is 407 g/mol. The predicted molar refractivity (Wildman–Crippen MR) is 108 cm³/mol. The van der Waals surface area contributed by atoms with Crippen molar-refractivity contribution in [3.05, 3.63) is 83.0 Å². The van der Waals surface area contributed by atoms with Gasteiger partial charge in [-0.05, 0) is 48.5 Å². The lowest BCUT2D eigenvalue weighted by Crippen LogP contribution is -2.25. The fourth-order valence-corrected chi connectivity index (χ4v) is 3.60. The van der Waals surface area contributed by atoms with Crippen LogP contribution in [0.2, 0.25) is 0 Å². The summed E-state index contributed by atoms with van der Waals surface area (Å²) in [6.07, 6.45) is 4.62. The second-order valence-electron chi connectivity index (χ2n) is 6.25. The van der Waals surface area contributed by atoms with E-state index in [4.69, 9.17) is 4.42 Å². The van der Waals surface area contributed by atoms with Crippen molar-refractivity contribution in [3.63, 3.8) is 0 Å². The molecule has 9 heteroatoms. The van der Waals surface area contributed by atoms with E-state index < -0.39 is 0 Å². The Labute approximate surface area is 170 Å². The number of nitrogens with one attached hydrogen (secondary N) is 1. The first-order valence-corrected chi connectivity index (χ1v) is 9.56. The van der Waals surface area contributed by atoms with Gasteiger partial charge in [0.05, 0.1) is 28.2 Å². The van der Waals surface area contributed by atoms with Crippen LogP contribution in [-0.2, 0) is 6.54 Å². The van der Waals surface area contributed by atoms with Crippen molar-refractivity contribution in [2.45, 2.75) is 6.54 Å². The summed E-state index contributed by atoms with van der Waals surface area (Å²) in [5.41, 5.74) is 1.49. The van der Waals surface area contributed by atoms with Gasteiger partial charge < -0.3 is 14.6 Å². The molecule has 0 atom stereocenters. The second kappa shape index (κ2) is 8.11. The zero-order chi connectivity index (χ0) is 20.2. The minimum atomic E-state index is -0.267. The van der Waals surface area contributed by atoms with Crippen LogP contribution in [0.25, 0.3) is 5.69 Å². The number of nitrogens with zero attached hydrogens (tertiary/aromatic N) is 4. The van der Waals surface area contributed by atoms with Gasteiger partial charge in [-0.25, -0.2) is 9.67 Å². The number of furan rings is 1. The molecular weight excluding hydrogens is 390 g/mol. The molecule has 0 fully saturated rings. The van der Waals surface area contributed by atoms with Crippen LogP contribution in [0.15, 0.2) is 71.9 Å². The van der Waals surface area contributed by atoms with Gasteiger partial charge in [-0.2, -0.15) is 5.10 Å². The largest absolute Gasteiger partial charge is 0.467 e. The molecule has 0 bridgehead atoms. The quantitative estimate of drug-likeness (QED) is 0.528. The Hall–Kier alpha value is -3.72. The molecule has 0 spiro atoms. The predicted octanol–water partition coefficient (Wildman–Crippen LogP) is 3.45. The SMILES string of the molecule is CN(Cc1ccco1)C(=O)c1ccc(C(=O)Nc2ccc(-n3cncn3)cc2)s1. The van der Waals surface area contributed by atoms with Crippen LogP contribution in [0, 0.1) is 0 Å². The molecule has 0 unspecified atom stereocenters. The van der Waals surface area contributed by atoms with Crippen molar-refractivity contribution in [1.82, 2.24) is 19.7 Å². The van der Waals surface area contributed by atoms with Gasteiger partial charge in [0.1, 0.15) is 18.4 Å². The highest BCUT2D eigenvalue weighted by atomic mass is 32.1. The molecule has 0 aliphatic carbocycles. The van der Waals surface area contributed by atoms with E-state index in [-0.39, 0.29) is 11.8 Å². The van der Waals surface area contributed by atoms with Gasteiger partial charge in [-0.3, -0.25) is 9.59 Å². The maximum atomic E-state index is 12.6. The van der Waals surface area contributed by atoms with Gasteiger partial charge in [-0.15, -0.1) is 11.3 Å². The fourth-order valence-electron chi connectivity index (χ4n) is 2.70. The smallest absolute Gasteiger partial charge is 0.265 e. The Kier molecular flexibility index (Phi) is 5.21. The van der Waals surface area contributed by atoms with Crippen molar-refractivity contribution < 1.29 is 14.0 Å². The zero-order valence-corrected chi connectivity index (χ0v) is 16.3. The van der Waals surface area contributed by atoms with E-state index in [1.807, 2.05) is 18.2 Å². The fraction of sp³-hybridized carbons (Fsp3) is 0.100. The maximum absolute atomic E-state index is 12.6. The van der Waals surface area contributed by atoms with Gasteiger partial charge in [0.15, 0.2) is 0 Å². The van der Waals surface area contributed by atoms with E-state index in [0.29, 0.717) is 27.7 Å². The first kappa shape index (κ1) is 18.6. The molecule has 4 rings (SSSR count). The lowest BCUT2D eigenvalue weighted by molar-refractivity contribution is 0.0780. The maximum Gasteiger partial charge on any atom is 0.265 e. The van der Waals surface area contributed by atoms with Crippen molar-refractivity contribution in [3.8, 4) is 5.69 Å². The van der Waals surface area contributed by atoms with Crippen LogP contribution < -0.4 is 5.32 Å². The number of carbonyl (C=O) groups is 2. The molecule has 0 radical (unpaired) electrons. The first-order valence-electron chi connectivity index (χ1n) is 8.74. The highest BCUT2D eigenvalue weighted by Crippen LogP contribution is 2.21. The van der Waals surface area contributed by atoms with Crippen LogP contribution in [0.5, 0.6) is 0 Å². The lowest BCUT2D eigenvalue weighted by atomic mass is 10.2. The molecule has 29 heavy (non-hydrogen) atoms. The van der Waals surface area contributed by atoms with Gasteiger partial charge in [0, 0.05) is 12.7 Å². The van der Waals surface area contributed by atoms with E-state index in [2.05, 4.69) is 15.4 Å². The summed E-state index contributed by atoms with van der Waals surface area (Å²) < 4.78 is 6.90. The molecule has 3 aromatic heterocycles. The Bertz CT molecular complexity index is 1100. The van der Waals surface area contributed by atoms with Crippen molar-refractivity contribution in [2.24, 2.45) is 0 Å². The number of anilines is 1. The number of hydrogen-bond acceptors (Lipinski definition) is 6. The van der Waals surface area contributed by atoms with E-state index >= 15 is 0 Å². The average Bonchev–Trinajstić information content (AvgIpc) is 3.50. The average molecular weight is 407 g/mol. The lowest BCUT2D eigenvalue weighted by Gasteiger charge is -2.14. The normalized spacial score (nSPS) is 10.7. The van der Waals surface area contributed by atoms with Crippen molar-refractivity contribution >= 4 is 28.8 Å². The molecule has 1 aromatic carbocycles. The molecule has 2 amide bonds. The standard InChI is InChI=1S/C20H17N5O3S/c1-24(11-16-3-2-10-28-16)20(27)18-9-8-17(29-18)19(26)23-14-4-6-15(7-5-14)25-13-21-12-22-25/h2-10,12-13H,11H2,1H3,(H,23,26). The van der Waals surface area contributed by atoms with Crippen LogP contribution >= 0.6 is 11.3 Å². The summed E-state index contributed by atoms with van der Waals surface area (Å²) in [5.74, 6) is 0.267. The number of rotatable bonds is 6. The second-order valence-corrected chi connectivity index (χ2v) is 7.33. The molecule has 0 saturated heterocycles. The van der Waals surface area contributed by atoms with Crippen LogP contribution in [0.3, 0.4) is 0 Å². The topological polar surface area (TPSA) is 93.3 Å². The molecule has 0 aliphatic rings. The molecule has 0 aliphatic heterocycles. The highest BCUT2D eigenvalue weighted by molar-refractivity contribution is 7.16. The summed E-state index contributed by atoms with van der Waals surface area (Å²) in [6.45, 7) is 0.364. The van der Waals surface area contributed by atoms with Gasteiger partial charge >= 0.3 is 0 Å². The van der Waals surface area contributed by atoms with Crippen LogP contribution in [-0.4, -0.2) is 38.5 Å². The summed E-state index contributed by atoms with van der Waals surface area (Å²) in [6, 6.07) is 14.1. The van der Waals surface area contributed by atoms with Crippen molar-refractivity contribution in [2.75, 3.05) is 12.4 Å². The third-order valence-corrected chi connectivity index (χ3v) is 5.24. The number of aromatic nitrogens is 3. The number of benzene rings is 1. The third-order valence-electron chi connectivity index (χ3n) is 4.17. The summed E-state index contributed by atoms with van der Waals surface area (Å²) in [5, 5.41) is 6.89. The number of thiophene rings is 1. The van der Waals surface area contributed by atoms with Crippen LogP contribution in [0.1, 0.15) is 25.1 Å². The first-order chi connectivity index (χ1) is 14.1. The summed E-state index contributed by atoms with van der Waals surface area (Å²) >= 11 is 1.15.